The smallest absolute Gasteiger partial charge is 0.129 e. The zero-order chi connectivity index (χ0) is 18.7. The predicted octanol–water partition coefficient (Wildman–Crippen LogP) is 2.97. The molecule has 0 saturated carbocycles. The molecule has 1 heterocycles. The van der Waals surface area contributed by atoms with Crippen molar-refractivity contribution in [3.8, 4) is 0 Å². The Hall–Kier alpha value is -2.79. The van der Waals surface area contributed by atoms with Crippen molar-refractivity contribution in [1.29, 1.82) is 0 Å². The van der Waals surface area contributed by atoms with E-state index < -0.39 is 0 Å². The van der Waals surface area contributed by atoms with Gasteiger partial charge in [0.25, 0.3) is 0 Å². The zero-order valence-corrected chi connectivity index (χ0v) is 15.4. The van der Waals surface area contributed by atoms with E-state index in [1.165, 1.54) is 5.56 Å². The number of carbonyl (C=O) groups excluding carboxylic acids is 1. The van der Waals surface area contributed by atoms with Gasteiger partial charge in [-0.05, 0) is 25.0 Å². The maximum absolute atomic E-state index is 11.3. The maximum atomic E-state index is 11.3. The first-order valence-corrected chi connectivity index (χ1v) is 8.89. The summed E-state index contributed by atoms with van der Waals surface area (Å²) in [5.74, 6) is 6.59. The molecule has 1 aliphatic heterocycles. The number of nitrogens with two attached hydrogens (primary N) is 2. The van der Waals surface area contributed by atoms with E-state index in [-0.39, 0.29) is 5.78 Å². The number of carbonyl (C=O) groups is 1. The van der Waals surface area contributed by atoms with Crippen LogP contribution in [0.3, 0.4) is 0 Å². The van der Waals surface area contributed by atoms with Gasteiger partial charge in [-0.1, -0.05) is 42.5 Å². The number of ketones is 1. The van der Waals surface area contributed by atoms with Gasteiger partial charge in [0.2, 0.25) is 0 Å². The molecular formula is C21H26N4O. The highest BCUT2D eigenvalue weighted by molar-refractivity contribution is 5.93. The molecule has 0 radical (unpaired) electrons. The number of nitrogens with zero attached hydrogens (tertiary/aromatic N) is 2. The molecule has 5 heteroatoms. The van der Waals surface area contributed by atoms with Gasteiger partial charge < -0.3 is 20.4 Å². The molecule has 3 rings (SSSR count). The first-order chi connectivity index (χ1) is 12.5. The van der Waals surface area contributed by atoms with Crippen LogP contribution >= 0.6 is 0 Å². The lowest BCUT2D eigenvalue weighted by Gasteiger charge is -2.32. The third kappa shape index (κ3) is 3.58. The van der Waals surface area contributed by atoms with Crippen LogP contribution in [0, 0.1) is 0 Å². The average molecular weight is 350 g/mol. The number of fused-ring (bicyclic) bond motifs is 2. The number of benzene rings is 2. The van der Waals surface area contributed by atoms with E-state index in [4.69, 9.17) is 11.6 Å². The summed E-state index contributed by atoms with van der Waals surface area (Å²) in [7, 11) is 2.07. The Kier molecular flexibility index (Phi) is 5.28. The van der Waals surface area contributed by atoms with Crippen LogP contribution in [-0.2, 0) is 11.3 Å². The molecule has 5 nitrogen and oxygen atoms in total. The topological polar surface area (TPSA) is 75.6 Å². The molecule has 26 heavy (non-hydrogen) atoms. The second-order valence-electron chi connectivity index (χ2n) is 6.79. The van der Waals surface area contributed by atoms with Crippen molar-refractivity contribution in [2.24, 2.45) is 11.6 Å². The van der Waals surface area contributed by atoms with Crippen LogP contribution in [0.1, 0.15) is 36.5 Å². The number of hydrogen-bond acceptors (Lipinski definition) is 5. The summed E-state index contributed by atoms with van der Waals surface area (Å²) in [6.45, 7) is 2.94. The fourth-order valence-electron chi connectivity index (χ4n) is 3.46. The second kappa shape index (κ2) is 7.62. The van der Waals surface area contributed by atoms with Crippen molar-refractivity contribution in [2.75, 3.05) is 18.5 Å². The highest BCUT2D eigenvalue weighted by atomic mass is 16.1. The molecule has 0 unspecified atom stereocenters. The van der Waals surface area contributed by atoms with Crippen LogP contribution in [-0.4, -0.2) is 24.4 Å². The van der Waals surface area contributed by atoms with E-state index >= 15 is 0 Å². The van der Waals surface area contributed by atoms with Crippen LogP contribution in [0.5, 0.6) is 0 Å². The molecule has 2 aromatic carbocycles. The number of Topliss-reactive ketones (excluding diaryl/α,β-unsaturated/α-hetero) is 1. The Bertz CT molecular complexity index is 843. The maximum Gasteiger partial charge on any atom is 0.129 e. The van der Waals surface area contributed by atoms with Crippen LogP contribution < -0.4 is 16.5 Å². The summed E-state index contributed by atoms with van der Waals surface area (Å²) in [4.78, 5) is 13.5. The fourth-order valence-corrected chi connectivity index (χ4v) is 3.46. The normalized spacial score (nSPS) is 16.3. The minimum absolute atomic E-state index is 0.172. The average Bonchev–Trinajstić information content (AvgIpc) is 2.62. The van der Waals surface area contributed by atoms with Gasteiger partial charge in [-0.2, -0.15) is 0 Å². The van der Waals surface area contributed by atoms with E-state index in [0.717, 1.165) is 29.1 Å². The molecule has 136 valence electrons. The monoisotopic (exact) mass is 350 g/mol. The van der Waals surface area contributed by atoms with Crippen LogP contribution in [0.25, 0.3) is 11.4 Å². The van der Waals surface area contributed by atoms with Crippen molar-refractivity contribution >= 4 is 22.9 Å². The third-order valence-corrected chi connectivity index (χ3v) is 4.76. The van der Waals surface area contributed by atoms with Crippen molar-refractivity contribution in [2.45, 2.75) is 26.3 Å². The lowest BCUT2D eigenvalue weighted by Crippen LogP contribution is -2.34. The van der Waals surface area contributed by atoms with Crippen LogP contribution in [0.2, 0.25) is 0 Å². The SMILES string of the molecule is CC(=O)CCCN(N)/C1=C(\N)c2ccccc2N(C)Cc2ccccc21. The van der Waals surface area contributed by atoms with E-state index in [9.17, 15) is 4.79 Å². The molecule has 2 aromatic rings. The largest absolute Gasteiger partial charge is 0.396 e. The number of anilines is 1. The molecule has 0 amide bonds. The first kappa shape index (κ1) is 18.0. The quantitative estimate of drug-likeness (QED) is 0.640. The second-order valence-corrected chi connectivity index (χ2v) is 6.79. The minimum Gasteiger partial charge on any atom is -0.396 e. The Morgan fingerprint density at radius 2 is 1.77 bits per heavy atom. The molecule has 0 aliphatic carbocycles. The highest BCUT2D eigenvalue weighted by Crippen LogP contribution is 2.35. The van der Waals surface area contributed by atoms with Gasteiger partial charge in [-0.25, -0.2) is 5.84 Å². The molecule has 0 aromatic heterocycles. The molecular weight excluding hydrogens is 324 g/mol. The molecule has 0 fully saturated rings. The zero-order valence-electron chi connectivity index (χ0n) is 15.4. The van der Waals surface area contributed by atoms with E-state index in [1.54, 1.807) is 11.9 Å². The van der Waals surface area contributed by atoms with Gasteiger partial charge in [0, 0.05) is 43.4 Å². The van der Waals surface area contributed by atoms with Gasteiger partial charge in [0.15, 0.2) is 0 Å². The highest BCUT2D eigenvalue weighted by Gasteiger charge is 2.23. The molecule has 4 N–H and O–H groups in total. The lowest BCUT2D eigenvalue weighted by molar-refractivity contribution is -0.117. The van der Waals surface area contributed by atoms with E-state index in [0.29, 0.717) is 25.1 Å². The summed E-state index contributed by atoms with van der Waals surface area (Å²) in [6, 6.07) is 16.3. The molecule has 0 spiro atoms. The van der Waals surface area contributed by atoms with Crippen molar-refractivity contribution in [3.63, 3.8) is 0 Å². The molecule has 0 saturated heterocycles. The Balaban J connectivity index is 2.11. The Morgan fingerprint density at radius 3 is 2.50 bits per heavy atom. The lowest BCUT2D eigenvalue weighted by atomic mass is 9.96. The number of hydrogen-bond donors (Lipinski definition) is 2. The van der Waals surface area contributed by atoms with Gasteiger partial charge in [0.05, 0.1) is 11.4 Å². The summed E-state index contributed by atoms with van der Waals surface area (Å²) in [5, 5.41) is 1.69. The predicted molar refractivity (Wildman–Crippen MR) is 107 cm³/mol. The first-order valence-electron chi connectivity index (χ1n) is 8.89. The summed E-state index contributed by atoms with van der Waals surface area (Å²) in [6.07, 6.45) is 1.22. The number of rotatable bonds is 5. The standard InChI is InChI=1S/C21H26N4O/c1-15(26)8-7-13-25(23)21-17-10-4-3-9-16(17)14-24(2)19-12-6-5-11-18(19)20(21)22/h3-6,9-12H,7-8,13-14,22-23H2,1-2H3/b21-20-. The fraction of sp³-hybridized carbons (Fsp3) is 0.286. The van der Waals surface area contributed by atoms with Gasteiger partial charge >= 0.3 is 0 Å². The Labute approximate surface area is 154 Å². The molecule has 0 atom stereocenters. The Morgan fingerprint density at radius 1 is 1.12 bits per heavy atom. The third-order valence-electron chi connectivity index (χ3n) is 4.76. The number of para-hydroxylation sites is 1. The summed E-state index contributed by atoms with van der Waals surface area (Å²) >= 11 is 0. The summed E-state index contributed by atoms with van der Waals surface area (Å²) < 4.78 is 0. The van der Waals surface area contributed by atoms with E-state index in [2.05, 4.69) is 30.1 Å². The minimum atomic E-state index is 0.172. The van der Waals surface area contributed by atoms with Crippen LogP contribution in [0.15, 0.2) is 48.5 Å². The van der Waals surface area contributed by atoms with Crippen molar-refractivity contribution in [1.82, 2.24) is 5.01 Å². The molecule has 1 aliphatic rings. The van der Waals surface area contributed by atoms with Crippen molar-refractivity contribution in [3.05, 3.63) is 65.2 Å². The van der Waals surface area contributed by atoms with Crippen molar-refractivity contribution < 1.29 is 4.79 Å². The van der Waals surface area contributed by atoms with Crippen LogP contribution in [0.4, 0.5) is 5.69 Å². The molecule has 0 bridgehead atoms. The van der Waals surface area contributed by atoms with Gasteiger partial charge in [-0.3, -0.25) is 0 Å². The van der Waals surface area contributed by atoms with E-state index in [1.807, 2.05) is 30.3 Å². The van der Waals surface area contributed by atoms with Gasteiger partial charge in [0.1, 0.15) is 5.78 Å². The summed E-state index contributed by atoms with van der Waals surface area (Å²) in [5.41, 5.74) is 12.4. The number of hydrazine groups is 1. The van der Waals surface area contributed by atoms with Gasteiger partial charge in [-0.15, -0.1) is 0 Å².